The molecule has 0 unspecified atom stereocenters. The number of benzene rings is 3. The second kappa shape index (κ2) is 9.32. The van der Waals surface area contributed by atoms with Crippen molar-refractivity contribution in [1.29, 1.82) is 0 Å². The van der Waals surface area contributed by atoms with Gasteiger partial charge in [-0.2, -0.15) is 0 Å². The number of carboxylic acids is 1. The lowest BCUT2D eigenvalue weighted by Crippen LogP contribution is -2.25. The number of nitrogens with zero attached hydrogens (tertiary/aromatic N) is 2. The van der Waals surface area contributed by atoms with E-state index in [-0.39, 0.29) is 21.9 Å². The van der Waals surface area contributed by atoms with Crippen molar-refractivity contribution in [3.05, 3.63) is 93.5 Å². The Labute approximate surface area is 200 Å². The van der Waals surface area contributed by atoms with Crippen molar-refractivity contribution in [3.63, 3.8) is 0 Å². The van der Waals surface area contributed by atoms with E-state index >= 15 is 0 Å². The highest BCUT2D eigenvalue weighted by molar-refractivity contribution is 7.71. The fourth-order valence-electron chi connectivity index (χ4n) is 3.71. The average Bonchev–Trinajstić information content (AvgIpc) is 2.80. The monoisotopic (exact) mass is 474 g/mol. The molecule has 1 aromatic heterocycles. The third-order valence-corrected chi connectivity index (χ3v) is 5.64. The number of carboxylic acid groups (broad SMARTS) is 1. The highest BCUT2D eigenvalue weighted by Gasteiger charge is 2.16. The van der Waals surface area contributed by atoms with Crippen LogP contribution >= 0.6 is 12.2 Å². The maximum Gasteiger partial charge on any atom is 0.335 e. The molecule has 0 saturated heterocycles. The van der Waals surface area contributed by atoms with Crippen LogP contribution < -0.4 is 16.2 Å². The van der Waals surface area contributed by atoms with Gasteiger partial charge in [0.2, 0.25) is 0 Å². The van der Waals surface area contributed by atoms with Gasteiger partial charge < -0.3 is 20.3 Å². The molecule has 0 spiro atoms. The maximum atomic E-state index is 13.5. The van der Waals surface area contributed by atoms with Gasteiger partial charge in [0.1, 0.15) is 0 Å². The van der Waals surface area contributed by atoms with Crippen molar-refractivity contribution < 1.29 is 14.7 Å². The molecular formula is C25H22N4O4S. The van der Waals surface area contributed by atoms with E-state index in [0.717, 1.165) is 0 Å². The molecule has 0 aliphatic heterocycles. The minimum atomic E-state index is -1.06. The molecule has 34 heavy (non-hydrogen) atoms. The van der Waals surface area contributed by atoms with Gasteiger partial charge in [0.25, 0.3) is 5.56 Å². The molecule has 0 saturated carbocycles. The minimum absolute atomic E-state index is 0.0552. The SMILES string of the molecule is CC(C)n1c(=S)n(-c2ccc(C(=O)O)cc2)c(=O)c2cc(NC(=O)Nc3ccccc3)ccc21. The fraction of sp³-hybridized carbons (Fsp3) is 0.120. The second-order valence-corrected chi connectivity index (χ2v) is 8.28. The Morgan fingerprint density at radius 3 is 2.18 bits per heavy atom. The Morgan fingerprint density at radius 1 is 0.912 bits per heavy atom. The number of aromatic carboxylic acids is 1. The van der Waals surface area contributed by atoms with Crippen molar-refractivity contribution in [1.82, 2.24) is 9.13 Å². The smallest absolute Gasteiger partial charge is 0.335 e. The number of hydrogen-bond donors (Lipinski definition) is 3. The van der Waals surface area contributed by atoms with Crippen LogP contribution in [0.4, 0.5) is 16.2 Å². The molecule has 9 heteroatoms. The maximum absolute atomic E-state index is 13.5. The third-order valence-electron chi connectivity index (χ3n) is 5.27. The summed E-state index contributed by atoms with van der Waals surface area (Å²) in [4.78, 5) is 37.2. The Bertz CT molecular complexity index is 1510. The van der Waals surface area contributed by atoms with Crippen LogP contribution in [0.1, 0.15) is 30.2 Å². The highest BCUT2D eigenvalue weighted by Crippen LogP contribution is 2.22. The quantitative estimate of drug-likeness (QED) is 0.334. The van der Waals surface area contributed by atoms with E-state index in [1.54, 1.807) is 42.5 Å². The standard InChI is InChI=1S/C25H22N4O4S/c1-15(2)28-21-13-10-18(27-24(33)26-17-6-4-3-5-7-17)14-20(21)22(30)29(25(28)34)19-11-8-16(9-12-19)23(31)32/h3-15H,1-2H3,(H,31,32)(H2,26,27,33). The molecular weight excluding hydrogens is 452 g/mol. The Hall–Kier alpha value is -4.24. The normalized spacial score (nSPS) is 10.9. The molecule has 1 heterocycles. The first kappa shape index (κ1) is 22.9. The first-order chi connectivity index (χ1) is 16.3. The van der Waals surface area contributed by atoms with Crippen LogP contribution in [-0.2, 0) is 0 Å². The van der Waals surface area contributed by atoms with Gasteiger partial charge in [-0.1, -0.05) is 18.2 Å². The predicted molar refractivity (Wildman–Crippen MR) is 135 cm³/mol. The summed E-state index contributed by atoms with van der Waals surface area (Å²) in [6.45, 7) is 3.91. The molecule has 3 N–H and O–H groups in total. The van der Waals surface area contributed by atoms with E-state index < -0.39 is 12.0 Å². The average molecular weight is 475 g/mol. The summed E-state index contributed by atoms with van der Waals surface area (Å²) in [5, 5.41) is 15.0. The fourth-order valence-corrected chi connectivity index (χ4v) is 4.21. The number of fused-ring (bicyclic) bond motifs is 1. The lowest BCUT2D eigenvalue weighted by atomic mass is 10.1. The largest absolute Gasteiger partial charge is 0.478 e. The molecule has 0 aliphatic rings. The van der Waals surface area contributed by atoms with Gasteiger partial charge in [0.15, 0.2) is 4.77 Å². The van der Waals surface area contributed by atoms with Gasteiger partial charge >= 0.3 is 12.0 Å². The molecule has 0 fully saturated rings. The van der Waals surface area contributed by atoms with Gasteiger partial charge in [-0.3, -0.25) is 9.36 Å². The van der Waals surface area contributed by atoms with E-state index in [2.05, 4.69) is 10.6 Å². The summed E-state index contributed by atoms with van der Waals surface area (Å²) in [5.41, 5.74) is 1.91. The van der Waals surface area contributed by atoms with Crippen LogP contribution in [0.15, 0.2) is 77.6 Å². The summed E-state index contributed by atoms with van der Waals surface area (Å²) in [6.07, 6.45) is 0. The number of carbonyl (C=O) groups is 2. The Balaban J connectivity index is 1.81. The minimum Gasteiger partial charge on any atom is -0.478 e. The molecule has 8 nitrogen and oxygen atoms in total. The van der Waals surface area contributed by atoms with Crippen LogP contribution in [0.25, 0.3) is 16.6 Å². The number of para-hydroxylation sites is 1. The van der Waals surface area contributed by atoms with E-state index in [1.165, 1.54) is 16.7 Å². The molecule has 4 aromatic rings. The number of nitrogens with one attached hydrogen (secondary N) is 2. The zero-order valence-corrected chi connectivity index (χ0v) is 19.3. The molecule has 4 rings (SSSR count). The second-order valence-electron chi connectivity index (χ2n) is 7.92. The molecule has 0 radical (unpaired) electrons. The predicted octanol–water partition coefficient (Wildman–Crippen LogP) is 5.44. The molecule has 0 bridgehead atoms. The first-order valence-electron chi connectivity index (χ1n) is 10.5. The number of aromatic nitrogens is 2. The lowest BCUT2D eigenvalue weighted by molar-refractivity contribution is 0.0697. The van der Waals surface area contributed by atoms with Crippen LogP contribution in [-0.4, -0.2) is 26.2 Å². The van der Waals surface area contributed by atoms with Crippen LogP contribution in [0.5, 0.6) is 0 Å². The number of anilines is 2. The number of hydrogen-bond acceptors (Lipinski definition) is 4. The zero-order chi connectivity index (χ0) is 24.4. The van der Waals surface area contributed by atoms with Crippen molar-refractivity contribution in [2.75, 3.05) is 10.6 Å². The van der Waals surface area contributed by atoms with E-state index in [1.807, 2.05) is 36.6 Å². The lowest BCUT2D eigenvalue weighted by Gasteiger charge is -2.19. The van der Waals surface area contributed by atoms with Crippen LogP contribution in [0.3, 0.4) is 0 Å². The number of rotatable bonds is 5. The van der Waals surface area contributed by atoms with E-state index in [9.17, 15) is 19.5 Å². The van der Waals surface area contributed by atoms with Crippen molar-refractivity contribution in [2.24, 2.45) is 0 Å². The van der Waals surface area contributed by atoms with E-state index in [0.29, 0.717) is 28.0 Å². The summed E-state index contributed by atoms with van der Waals surface area (Å²) in [7, 11) is 0. The molecule has 0 aliphatic carbocycles. The zero-order valence-electron chi connectivity index (χ0n) is 18.5. The summed E-state index contributed by atoms with van der Waals surface area (Å²) in [6, 6.07) is 19.5. The van der Waals surface area contributed by atoms with Gasteiger partial charge in [0.05, 0.1) is 22.2 Å². The number of amides is 2. The Kier molecular flexibility index (Phi) is 6.29. The summed E-state index contributed by atoms with van der Waals surface area (Å²) < 4.78 is 3.51. The molecule has 3 aromatic carbocycles. The van der Waals surface area contributed by atoms with Crippen molar-refractivity contribution in [3.8, 4) is 5.69 Å². The van der Waals surface area contributed by atoms with Crippen LogP contribution in [0.2, 0.25) is 0 Å². The van der Waals surface area contributed by atoms with Gasteiger partial charge in [0, 0.05) is 17.4 Å². The van der Waals surface area contributed by atoms with Gasteiger partial charge in [-0.05, 0) is 80.7 Å². The topological polar surface area (TPSA) is 105 Å². The van der Waals surface area contributed by atoms with E-state index in [4.69, 9.17) is 12.2 Å². The van der Waals surface area contributed by atoms with Gasteiger partial charge in [-0.25, -0.2) is 9.59 Å². The Morgan fingerprint density at radius 2 is 1.56 bits per heavy atom. The number of urea groups is 1. The first-order valence-corrected chi connectivity index (χ1v) is 10.9. The van der Waals surface area contributed by atoms with Crippen LogP contribution in [0, 0.1) is 4.77 Å². The van der Waals surface area contributed by atoms with Crippen molar-refractivity contribution in [2.45, 2.75) is 19.9 Å². The number of carbonyl (C=O) groups excluding carboxylic acids is 1. The molecule has 0 atom stereocenters. The van der Waals surface area contributed by atoms with Gasteiger partial charge in [-0.15, -0.1) is 0 Å². The highest BCUT2D eigenvalue weighted by atomic mass is 32.1. The molecule has 2 amide bonds. The summed E-state index contributed by atoms with van der Waals surface area (Å²) >= 11 is 5.66. The molecule has 172 valence electrons. The van der Waals surface area contributed by atoms with Crippen molar-refractivity contribution >= 4 is 46.5 Å². The third kappa shape index (κ3) is 4.46. The summed E-state index contributed by atoms with van der Waals surface area (Å²) in [5.74, 6) is -1.06.